The van der Waals surface area contributed by atoms with Crippen molar-refractivity contribution in [2.24, 2.45) is 23.7 Å². The summed E-state index contributed by atoms with van der Waals surface area (Å²) in [6.07, 6.45) is 12.5. The summed E-state index contributed by atoms with van der Waals surface area (Å²) >= 11 is 0. The molecule has 53 heavy (non-hydrogen) atoms. The van der Waals surface area contributed by atoms with Crippen LogP contribution in [0.3, 0.4) is 0 Å². The minimum atomic E-state index is -2.34. The molecule has 10 heteroatoms. The van der Waals surface area contributed by atoms with Crippen LogP contribution in [0.2, 0.25) is 37.8 Å². The Morgan fingerprint density at radius 3 is 2.40 bits per heavy atom. The molecule has 0 amide bonds. The lowest BCUT2D eigenvalue weighted by Gasteiger charge is -2.52. The van der Waals surface area contributed by atoms with Gasteiger partial charge in [0.2, 0.25) is 0 Å². The molecular weight excluding hydrogens is 701 g/mol. The Morgan fingerprint density at radius 2 is 1.75 bits per heavy atom. The largest absolute Gasteiger partial charge is 0.462 e. The predicted molar refractivity (Wildman–Crippen MR) is 216 cm³/mol. The van der Waals surface area contributed by atoms with Gasteiger partial charge in [-0.25, -0.2) is 0 Å². The Kier molecular flexibility index (Phi) is 12.8. The van der Waals surface area contributed by atoms with Crippen LogP contribution in [-0.4, -0.2) is 82.3 Å². The van der Waals surface area contributed by atoms with Crippen molar-refractivity contribution in [3.05, 3.63) is 47.1 Å². The molecule has 5 aliphatic rings. The molecule has 300 valence electrons. The molecule has 3 saturated heterocycles. The Labute approximate surface area is 323 Å². The van der Waals surface area contributed by atoms with Gasteiger partial charge in [0, 0.05) is 25.2 Å². The van der Waals surface area contributed by atoms with E-state index in [-0.39, 0.29) is 35.2 Å². The van der Waals surface area contributed by atoms with Crippen LogP contribution in [-0.2, 0) is 32.6 Å². The first kappa shape index (κ1) is 42.8. The van der Waals surface area contributed by atoms with Crippen LogP contribution in [0.15, 0.2) is 47.1 Å². The fourth-order valence-corrected chi connectivity index (χ4v) is 11.5. The molecule has 1 spiro atoms. The summed E-state index contributed by atoms with van der Waals surface area (Å²) in [7, 11) is -4.62. The van der Waals surface area contributed by atoms with Gasteiger partial charge in [0.1, 0.15) is 23.7 Å². The highest BCUT2D eigenvalue weighted by Crippen LogP contribution is 2.52. The van der Waals surface area contributed by atoms with E-state index < -0.39 is 52.3 Å². The second-order valence-electron chi connectivity index (χ2n) is 19.6. The first-order valence-electron chi connectivity index (χ1n) is 20.5. The molecule has 0 aromatic heterocycles. The molecule has 4 heterocycles. The number of rotatable bonds is 6. The molecule has 0 aromatic rings. The lowest BCUT2D eigenvalue weighted by Crippen LogP contribution is -2.64. The van der Waals surface area contributed by atoms with Gasteiger partial charge in [-0.2, -0.15) is 0 Å². The van der Waals surface area contributed by atoms with Gasteiger partial charge in [0.05, 0.1) is 31.0 Å². The second kappa shape index (κ2) is 15.9. The third kappa shape index (κ3) is 8.95. The van der Waals surface area contributed by atoms with E-state index in [4.69, 9.17) is 27.8 Å². The molecular formula is C43H72O8Si2. The summed E-state index contributed by atoms with van der Waals surface area (Å²) in [6.45, 7) is 30.9. The maximum Gasteiger partial charge on any atom is 0.316 e. The summed E-state index contributed by atoms with van der Waals surface area (Å²) in [5.74, 6) is -1.23. The fraction of sp³-hybridized carbons (Fsp3) is 0.791. The van der Waals surface area contributed by atoms with Gasteiger partial charge in [0.25, 0.3) is 0 Å². The van der Waals surface area contributed by atoms with Gasteiger partial charge in [-0.1, -0.05) is 85.3 Å². The van der Waals surface area contributed by atoms with Gasteiger partial charge < -0.3 is 32.9 Å². The van der Waals surface area contributed by atoms with Crippen molar-refractivity contribution in [2.75, 3.05) is 6.61 Å². The molecule has 0 saturated carbocycles. The van der Waals surface area contributed by atoms with Crippen LogP contribution in [0.5, 0.6) is 0 Å². The maximum absolute atomic E-state index is 15.0. The molecule has 12 atom stereocenters. The molecule has 1 unspecified atom stereocenters. The summed E-state index contributed by atoms with van der Waals surface area (Å²) < 4.78 is 42.0. The normalized spacial score (nSPS) is 42.1. The Balaban J connectivity index is 1.64. The minimum absolute atomic E-state index is 0.0254. The summed E-state index contributed by atoms with van der Waals surface area (Å²) in [6, 6.07) is 0. The molecule has 0 aromatic carbocycles. The van der Waals surface area contributed by atoms with Gasteiger partial charge in [0.15, 0.2) is 22.4 Å². The molecule has 1 aliphatic carbocycles. The van der Waals surface area contributed by atoms with Crippen LogP contribution in [0.1, 0.15) is 101 Å². The topological polar surface area (TPSA) is 92.7 Å². The lowest BCUT2D eigenvalue weighted by atomic mass is 9.71. The maximum atomic E-state index is 15.0. The van der Waals surface area contributed by atoms with E-state index in [9.17, 15) is 5.11 Å². The molecule has 3 fully saturated rings. The Morgan fingerprint density at radius 1 is 1.06 bits per heavy atom. The highest BCUT2D eigenvalue weighted by Gasteiger charge is 2.64. The highest BCUT2D eigenvalue weighted by molar-refractivity contribution is 6.74. The molecule has 2 bridgehead atoms. The molecule has 0 radical (unpaired) electrons. The van der Waals surface area contributed by atoms with Crippen LogP contribution >= 0.6 is 0 Å². The monoisotopic (exact) mass is 772 g/mol. The average Bonchev–Trinajstić information content (AvgIpc) is 3.41. The third-order valence-electron chi connectivity index (χ3n) is 13.1. The van der Waals surface area contributed by atoms with Crippen molar-refractivity contribution in [1.29, 1.82) is 0 Å². The lowest BCUT2D eigenvalue weighted by molar-refractivity contribution is -0.340. The number of aliphatic hydroxyl groups is 1. The van der Waals surface area contributed by atoms with Crippen LogP contribution in [0.4, 0.5) is 0 Å². The van der Waals surface area contributed by atoms with E-state index in [0.29, 0.717) is 37.7 Å². The van der Waals surface area contributed by atoms with E-state index >= 15 is 4.79 Å². The van der Waals surface area contributed by atoms with Gasteiger partial charge in [-0.15, -0.1) is 0 Å². The SMILES string of the molecule is CCC(C)[C@H]1O[C@]2(CC[C@@H]1C)C[C@@H]1C[C@@H](C/C=C(\C)[C@H](O)[C@@H](C)/C=C/C=C3\CO[C@@H]4[C@H](O[Si](C)(C)C(C)(C)C)C(C)=C[C@@H](C(=O)O1)[C@]34O[Si](C)(C)C)O2. The van der Waals surface area contributed by atoms with E-state index in [0.717, 1.165) is 36.0 Å². The first-order chi connectivity index (χ1) is 24.5. The number of esters is 1. The zero-order valence-corrected chi connectivity index (χ0v) is 37.4. The number of ether oxygens (including phenoxy) is 4. The predicted octanol–water partition coefficient (Wildman–Crippen LogP) is 9.42. The smallest absolute Gasteiger partial charge is 0.316 e. The van der Waals surface area contributed by atoms with Crippen molar-refractivity contribution in [1.82, 2.24) is 0 Å². The van der Waals surface area contributed by atoms with Crippen molar-refractivity contribution >= 4 is 22.6 Å². The third-order valence-corrected chi connectivity index (χ3v) is 18.5. The van der Waals surface area contributed by atoms with Gasteiger partial charge >= 0.3 is 5.97 Å². The molecule has 5 rings (SSSR count). The van der Waals surface area contributed by atoms with Gasteiger partial charge in [-0.3, -0.25) is 4.79 Å². The number of hydrogen-bond acceptors (Lipinski definition) is 8. The molecule has 8 nitrogen and oxygen atoms in total. The van der Waals surface area contributed by atoms with Crippen LogP contribution < -0.4 is 0 Å². The number of hydrogen-bond donors (Lipinski definition) is 1. The van der Waals surface area contributed by atoms with Crippen molar-refractivity contribution in [3.63, 3.8) is 0 Å². The van der Waals surface area contributed by atoms with Gasteiger partial charge in [-0.05, 0) is 93.0 Å². The number of carbonyl (C=O) groups is 1. The van der Waals surface area contributed by atoms with Crippen molar-refractivity contribution < 1.29 is 37.7 Å². The number of fused-ring (bicyclic) bond motifs is 2. The standard InChI is InChI=1S/C43H72O8Si2/c1-15-27(2)37-30(5)21-22-42(49-37)25-34-24-33(48-42)20-19-29(4)36(44)28(3)17-16-18-32-26-46-39-38(50-53(13,14)41(7,8)9)31(6)23-35(40(45)47-34)43(32,39)51-52(10,11)12/h16-19,23,27-28,30,33-39,44H,15,20-22,24-26H2,1-14H3/b17-16+,29-19+,32-18+/t27?,28-,30-,33+,34-,35-,36+,37+,38+,39+,42+,43+/m0/s1. The first-order valence-corrected chi connectivity index (χ1v) is 26.8. The Bertz CT molecular complexity index is 1450. The molecule has 4 aliphatic heterocycles. The van der Waals surface area contributed by atoms with Crippen LogP contribution in [0, 0.1) is 23.7 Å². The fourth-order valence-electron chi connectivity index (χ4n) is 8.85. The minimum Gasteiger partial charge on any atom is -0.462 e. The Hall–Kier alpha value is -1.38. The van der Waals surface area contributed by atoms with E-state index in [1.54, 1.807) is 0 Å². The quantitative estimate of drug-likeness (QED) is 0.162. The van der Waals surface area contributed by atoms with E-state index in [1.807, 2.05) is 26.0 Å². The van der Waals surface area contributed by atoms with Crippen molar-refractivity contribution in [2.45, 2.75) is 187 Å². The summed E-state index contributed by atoms with van der Waals surface area (Å²) in [4.78, 5) is 15.0. The average molecular weight is 773 g/mol. The zero-order chi connectivity index (χ0) is 39.3. The zero-order valence-electron chi connectivity index (χ0n) is 35.4. The van der Waals surface area contributed by atoms with Crippen LogP contribution in [0.25, 0.3) is 0 Å². The second-order valence-corrected chi connectivity index (χ2v) is 28.8. The number of aliphatic hydroxyl groups excluding tert-OH is 1. The van der Waals surface area contributed by atoms with E-state index in [2.05, 4.69) is 99.4 Å². The highest BCUT2D eigenvalue weighted by atomic mass is 28.4. The number of allylic oxidation sites excluding steroid dienone is 2. The number of carbonyl (C=O) groups excluding carboxylic acids is 1. The van der Waals surface area contributed by atoms with Crippen molar-refractivity contribution in [3.8, 4) is 0 Å². The van der Waals surface area contributed by atoms with E-state index in [1.165, 1.54) is 0 Å². The summed E-state index contributed by atoms with van der Waals surface area (Å²) in [5, 5.41) is 11.4. The summed E-state index contributed by atoms with van der Waals surface area (Å²) in [5.41, 5.74) is 1.66. The molecule has 1 N–H and O–H groups in total.